The van der Waals surface area contributed by atoms with Gasteiger partial charge in [0.15, 0.2) is 0 Å². The number of hydrogen-bond donors (Lipinski definition) is 1. The number of carbonyl (C=O) groups excluding carboxylic acids is 1. The van der Waals surface area contributed by atoms with Crippen LogP contribution in [-0.2, 0) is 7.05 Å². The zero-order chi connectivity index (χ0) is 16.5. The molecule has 1 amide bonds. The summed E-state index contributed by atoms with van der Waals surface area (Å²) in [6, 6.07) is 9.34. The molecule has 0 unspecified atom stereocenters. The van der Waals surface area contributed by atoms with Crippen LogP contribution in [0.1, 0.15) is 34.2 Å². The van der Waals surface area contributed by atoms with E-state index in [4.69, 9.17) is 4.98 Å². The van der Waals surface area contributed by atoms with Gasteiger partial charge in [0.2, 0.25) is 0 Å². The molecule has 0 radical (unpaired) electrons. The van der Waals surface area contributed by atoms with Crippen LogP contribution >= 0.6 is 11.3 Å². The van der Waals surface area contributed by atoms with Crippen LogP contribution in [0.15, 0.2) is 48.1 Å². The SMILES string of the molecule is Cn1cc(-c2csc([C@@H](NC(=O)c3ccccc3)C3CC3)n2)cn1. The van der Waals surface area contributed by atoms with Gasteiger partial charge in [0.25, 0.3) is 5.91 Å². The number of benzene rings is 1. The second kappa shape index (κ2) is 6.20. The maximum Gasteiger partial charge on any atom is 0.251 e. The average Bonchev–Trinajstić information content (AvgIpc) is 3.16. The van der Waals surface area contributed by atoms with E-state index in [0.29, 0.717) is 11.5 Å². The second-order valence-electron chi connectivity index (χ2n) is 6.13. The topological polar surface area (TPSA) is 59.8 Å². The molecule has 0 saturated heterocycles. The van der Waals surface area contributed by atoms with Crippen molar-refractivity contribution in [2.45, 2.75) is 18.9 Å². The standard InChI is InChI=1S/C18H18N4OS/c1-22-10-14(9-19-22)15-11-24-18(20-15)16(12-7-8-12)21-17(23)13-5-3-2-4-6-13/h2-6,9-12,16H,7-8H2,1H3,(H,21,23)/t16-/m0/s1. The maximum atomic E-state index is 12.5. The van der Waals surface area contributed by atoms with Crippen LogP contribution < -0.4 is 5.32 Å². The van der Waals surface area contributed by atoms with E-state index in [1.165, 1.54) is 0 Å². The normalized spacial score (nSPS) is 15.2. The summed E-state index contributed by atoms with van der Waals surface area (Å²) in [5.41, 5.74) is 2.61. The lowest BCUT2D eigenvalue weighted by molar-refractivity contribution is 0.0931. The molecule has 2 aromatic heterocycles. The Kier molecular flexibility index (Phi) is 3.90. The number of hydrogen-bond acceptors (Lipinski definition) is 4. The van der Waals surface area contributed by atoms with Crippen LogP contribution in [0.5, 0.6) is 0 Å². The van der Waals surface area contributed by atoms with E-state index in [0.717, 1.165) is 29.1 Å². The lowest BCUT2D eigenvalue weighted by atomic mass is 10.1. The van der Waals surface area contributed by atoms with Crippen LogP contribution in [0.4, 0.5) is 0 Å². The van der Waals surface area contributed by atoms with E-state index in [1.54, 1.807) is 16.0 Å². The third-order valence-corrected chi connectivity index (χ3v) is 5.13. The van der Waals surface area contributed by atoms with Gasteiger partial charge in [-0.1, -0.05) is 18.2 Å². The number of nitrogens with zero attached hydrogens (tertiary/aromatic N) is 3. The Balaban J connectivity index is 1.56. The predicted molar refractivity (Wildman–Crippen MR) is 93.7 cm³/mol. The Morgan fingerprint density at radius 2 is 2.12 bits per heavy atom. The van der Waals surface area contributed by atoms with E-state index in [2.05, 4.69) is 10.4 Å². The predicted octanol–water partition coefficient (Wildman–Crippen LogP) is 3.42. The van der Waals surface area contributed by atoms with Crippen LogP contribution in [0, 0.1) is 5.92 Å². The molecule has 3 aromatic rings. The molecule has 5 nitrogen and oxygen atoms in total. The van der Waals surface area contributed by atoms with Gasteiger partial charge in [-0.3, -0.25) is 9.48 Å². The summed E-state index contributed by atoms with van der Waals surface area (Å²) in [7, 11) is 1.89. The van der Waals surface area contributed by atoms with E-state index >= 15 is 0 Å². The summed E-state index contributed by atoms with van der Waals surface area (Å²) in [5.74, 6) is 0.455. The van der Waals surface area contributed by atoms with E-state index in [-0.39, 0.29) is 11.9 Å². The van der Waals surface area contributed by atoms with E-state index in [1.807, 2.05) is 55.2 Å². The van der Waals surface area contributed by atoms with Crippen molar-refractivity contribution >= 4 is 17.2 Å². The summed E-state index contributed by atoms with van der Waals surface area (Å²) in [4.78, 5) is 17.2. The quantitative estimate of drug-likeness (QED) is 0.775. The zero-order valence-electron chi connectivity index (χ0n) is 13.3. The fourth-order valence-electron chi connectivity index (χ4n) is 2.74. The Morgan fingerprint density at radius 3 is 2.79 bits per heavy atom. The number of aromatic nitrogens is 3. The summed E-state index contributed by atoms with van der Waals surface area (Å²) < 4.78 is 1.77. The van der Waals surface area contributed by atoms with Crippen molar-refractivity contribution in [3.8, 4) is 11.3 Å². The van der Waals surface area contributed by atoms with E-state index in [9.17, 15) is 4.79 Å². The first-order valence-corrected chi connectivity index (χ1v) is 8.89. The Morgan fingerprint density at radius 1 is 1.33 bits per heavy atom. The molecule has 0 spiro atoms. The number of rotatable bonds is 5. The zero-order valence-corrected chi connectivity index (χ0v) is 14.2. The van der Waals surface area contributed by atoms with Gasteiger partial charge in [0.05, 0.1) is 17.9 Å². The number of aryl methyl sites for hydroxylation is 1. The molecule has 2 heterocycles. The van der Waals surface area contributed by atoms with Crippen molar-refractivity contribution in [2.75, 3.05) is 0 Å². The minimum atomic E-state index is -0.0365. The molecule has 1 atom stereocenters. The third kappa shape index (κ3) is 3.10. The number of carbonyl (C=O) groups is 1. The summed E-state index contributed by atoms with van der Waals surface area (Å²) in [5, 5.41) is 10.4. The Hall–Kier alpha value is -2.47. The highest BCUT2D eigenvalue weighted by atomic mass is 32.1. The molecular formula is C18H18N4OS. The Bertz CT molecular complexity index is 851. The molecule has 0 bridgehead atoms. The third-order valence-electron chi connectivity index (χ3n) is 4.20. The van der Waals surface area contributed by atoms with Crippen LogP contribution in [-0.4, -0.2) is 20.7 Å². The van der Waals surface area contributed by atoms with Crippen LogP contribution in [0.25, 0.3) is 11.3 Å². The first kappa shape index (κ1) is 15.1. The Labute approximate surface area is 144 Å². The molecule has 1 aliphatic carbocycles. The molecule has 1 fully saturated rings. The number of nitrogens with one attached hydrogen (secondary N) is 1. The fourth-order valence-corrected chi connectivity index (χ4v) is 3.71. The first-order valence-electron chi connectivity index (χ1n) is 8.01. The summed E-state index contributed by atoms with van der Waals surface area (Å²) in [6.07, 6.45) is 6.05. The molecule has 1 N–H and O–H groups in total. The molecule has 1 aromatic carbocycles. The number of amides is 1. The molecule has 1 aliphatic rings. The highest BCUT2D eigenvalue weighted by Gasteiger charge is 2.35. The van der Waals surface area contributed by atoms with E-state index < -0.39 is 0 Å². The van der Waals surface area contributed by atoms with Crippen molar-refractivity contribution < 1.29 is 4.79 Å². The number of thiazole rings is 1. The first-order chi connectivity index (χ1) is 11.7. The van der Waals surface area contributed by atoms with Gasteiger partial charge in [0, 0.05) is 29.8 Å². The average molecular weight is 338 g/mol. The molecular weight excluding hydrogens is 320 g/mol. The molecule has 122 valence electrons. The van der Waals surface area contributed by atoms with Gasteiger partial charge >= 0.3 is 0 Å². The van der Waals surface area contributed by atoms with Crippen LogP contribution in [0.2, 0.25) is 0 Å². The van der Waals surface area contributed by atoms with Crippen molar-refractivity contribution in [1.82, 2.24) is 20.1 Å². The van der Waals surface area contributed by atoms with Gasteiger partial charge in [0.1, 0.15) is 5.01 Å². The lowest BCUT2D eigenvalue weighted by Crippen LogP contribution is -2.29. The highest BCUT2D eigenvalue weighted by Crippen LogP contribution is 2.42. The van der Waals surface area contributed by atoms with Gasteiger partial charge in [-0.2, -0.15) is 5.10 Å². The van der Waals surface area contributed by atoms with Crippen molar-refractivity contribution in [2.24, 2.45) is 13.0 Å². The van der Waals surface area contributed by atoms with Gasteiger partial charge in [-0.15, -0.1) is 11.3 Å². The minimum Gasteiger partial charge on any atom is -0.343 e. The van der Waals surface area contributed by atoms with Crippen molar-refractivity contribution in [3.05, 3.63) is 58.7 Å². The van der Waals surface area contributed by atoms with Crippen LogP contribution in [0.3, 0.4) is 0 Å². The largest absolute Gasteiger partial charge is 0.343 e. The van der Waals surface area contributed by atoms with Gasteiger partial charge < -0.3 is 5.32 Å². The monoisotopic (exact) mass is 338 g/mol. The summed E-state index contributed by atoms with van der Waals surface area (Å²) in [6.45, 7) is 0. The van der Waals surface area contributed by atoms with Gasteiger partial charge in [-0.25, -0.2) is 4.98 Å². The molecule has 6 heteroatoms. The van der Waals surface area contributed by atoms with Crippen molar-refractivity contribution in [1.29, 1.82) is 0 Å². The smallest absolute Gasteiger partial charge is 0.251 e. The lowest BCUT2D eigenvalue weighted by Gasteiger charge is -2.15. The van der Waals surface area contributed by atoms with Crippen molar-refractivity contribution in [3.63, 3.8) is 0 Å². The maximum absolute atomic E-state index is 12.5. The molecule has 0 aliphatic heterocycles. The molecule has 4 rings (SSSR count). The molecule has 24 heavy (non-hydrogen) atoms. The second-order valence-corrected chi connectivity index (χ2v) is 7.02. The van der Waals surface area contributed by atoms with Gasteiger partial charge in [-0.05, 0) is 30.9 Å². The minimum absolute atomic E-state index is 0.00636. The fraction of sp³-hybridized carbons (Fsp3) is 0.278. The highest BCUT2D eigenvalue weighted by molar-refractivity contribution is 7.10. The summed E-state index contributed by atoms with van der Waals surface area (Å²) >= 11 is 1.60. The molecule has 1 saturated carbocycles.